The van der Waals surface area contributed by atoms with Crippen LogP contribution in [0.4, 0.5) is 0 Å². The minimum Gasteiger partial charge on any atom is -0.480 e. The highest BCUT2D eigenvalue weighted by molar-refractivity contribution is 7.50. The number of nitrogens with one attached hydrogen (secondary N) is 3. The molecule has 0 aliphatic carbocycles. The van der Waals surface area contributed by atoms with Crippen LogP contribution in [0.5, 0.6) is 0 Å². The Bertz CT molecular complexity index is 1160. The number of carboxylic acid groups (broad SMARTS) is 1. The second-order valence-electron chi connectivity index (χ2n) is 8.55. The predicted octanol–water partition coefficient (Wildman–Crippen LogP) is 3.60. The number of para-hydroxylation sites is 1. The minimum atomic E-state index is -4.34. The number of hydrogen-bond acceptors (Lipinski definition) is 4. The van der Waals surface area contributed by atoms with E-state index in [4.69, 9.17) is 4.52 Å². The smallest absolute Gasteiger partial charge is 0.403 e. The maximum absolute atomic E-state index is 13.0. The van der Waals surface area contributed by atoms with Crippen molar-refractivity contribution >= 4 is 30.5 Å². The maximum atomic E-state index is 13.0. The van der Waals surface area contributed by atoms with Crippen LogP contribution < -0.4 is 10.4 Å². The number of fused-ring (bicyclic) bond motifs is 1. The first-order valence-electron chi connectivity index (χ1n) is 11.0. The topological polar surface area (TPSA) is 141 Å². The first kappa shape index (κ1) is 25.6. The molecular formula is C24H30N3O6P. The Kier molecular flexibility index (Phi) is 8.63. The standard InChI is InChI=1S/C24H30N3O6P/c1-16(2)12-21(27-34(31,32)33-15-17-8-4-3-5-9-17)23(28)26-22(24(29)30)13-18-14-25-20-11-7-6-10-19(18)20/h3-11,14,16,21-22,25H,12-13,15H2,1-2H3,(H,26,28)(H,29,30)(H2,27,31,32)/t21-,22-/m0/s1. The van der Waals surface area contributed by atoms with Gasteiger partial charge in [-0.15, -0.1) is 0 Å². The van der Waals surface area contributed by atoms with E-state index in [2.05, 4.69) is 15.4 Å². The van der Waals surface area contributed by atoms with Crippen molar-refractivity contribution < 1.29 is 28.7 Å². The lowest BCUT2D eigenvalue weighted by Gasteiger charge is -2.24. The van der Waals surface area contributed by atoms with Gasteiger partial charge in [0, 0.05) is 23.5 Å². The van der Waals surface area contributed by atoms with Gasteiger partial charge in [0.2, 0.25) is 5.91 Å². The van der Waals surface area contributed by atoms with Gasteiger partial charge in [0.15, 0.2) is 0 Å². The van der Waals surface area contributed by atoms with Crippen LogP contribution >= 0.6 is 7.75 Å². The molecular weight excluding hydrogens is 457 g/mol. The van der Waals surface area contributed by atoms with Gasteiger partial charge in [-0.25, -0.2) is 14.4 Å². The second kappa shape index (κ2) is 11.4. The molecule has 1 unspecified atom stereocenters. The van der Waals surface area contributed by atoms with Crippen molar-refractivity contribution in [2.24, 2.45) is 5.92 Å². The number of rotatable bonds is 12. The highest BCUT2D eigenvalue weighted by atomic mass is 31.2. The molecule has 3 rings (SSSR count). The van der Waals surface area contributed by atoms with E-state index in [-0.39, 0.29) is 25.4 Å². The van der Waals surface area contributed by atoms with Crippen molar-refractivity contribution in [1.82, 2.24) is 15.4 Å². The van der Waals surface area contributed by atoms with E-state index in [0.717, 1.165) is 16.5 Å². The fourth-order valence-electron chi connectivity index (χ4n) is 3.65. The van der Waals surface area contributed by atoms with Gasteiger partial charge in [-0.2, -0.15) is 0 Å². The molecule has 1 amide bonds. The van der Waals surface area contributed by atoms with Crippen molar-refractivity contribution in [3.63, 3.8) is 0 Å². The molecule has 34 heavy (non-hydrogen) atoms. The van der Waals surface area contributed by atoms with Gasteiger partial charge in [-0.05, 0) is 29.5 Å². The van der Waals surface area contributed by atoms with Crippen LogP contribution in [-0.2, 0) is 31.7 Å². The van der Waals surface area contributed by atoms with Gasteiger partial charge in [-0.1, -0.05) is 62.4 Å². The van der Waals surface area contributed by atoms with Gasteiger partial charge in [0.25, 0.3) is 0 Å². The summed E-state index contributed by atoms with van der Waals surface area (Å²) >= 11 is 0. The van der Waals surface area contributed by atoms with Crippen molar-refractivity contribution in [2.75, 3.05) is 0 Å². The van der Waals surface area contributed by atoms with E-state index in [1.807, 2.05) is 44.2 Å². The summed E-state index contributed by atoms with van der Waals surface area (Å²) in [6.07, 6.45) is 1.99. The van der Waals surface area contributed by atoms with Gasteiger partial charge in [0.1, 0.15) is 6.04 Å². The van der Waals surface area contributed by atoms with Gasteiger partial charge in [0.05, 0.1) is 12.6 Å². The first-order valence-corrected chi connectivity index (χ1v) is 12.6. The highest BCUT2D eigenvalue weighted by Gasteiger charge is 2.32. The van der Waals surface area contributed by atoms with Crippen LogP contribution in [0.25, 0.3) is 10.9 Å². The maximum Gasteiger partial charge on any atom is 0.403 e. The lowest BCUT2D eigenvalue weighted by molar-refractivity contribution is -0.142. The number of carboxylic acids is 1. The average Bonchev–Trinajstić information content (AvgIpc) is 3.20. The van der Waals surface area contributed by atoms with E-state index in [1.165, 1.54) is 0 Å². The Morgan fingerprint density at radius 3 is 2.41 bits per heavy atom. The van der Waals surface area contributed by atoms with E-state index in [1.54, 1.807) is 30.5 Å². The van der Waals surface area contributed by atoms with Gasteiger partial charge >= 0.3 is 13.7 Å². The molecule has 3 aromatic rings. The van der Waals surface area contributed by atoms with E-state index < -0.39 is 31.7 Å². The fraction of sp³-hybridized carbons (Fsp3) is 0.333. The Morgan fingerprint density at radius 2 is 1.74 bits per heavy atom. The number of aromatic amines is 1. The summed E-state index contributed by atoms with van der Waals surface area (Å²) in [4.78, 5) is 38.3. The molecule has 0 fully saturated rings. The summed E-state index contributed by atoms with van der Waals surface area (Å²) in [5.41, 5.74) is 2.31. The Morgan fingerprint density at radius 1 is 1.06 bits per heavy atom. The molecule has 0 saturated heterocycles. The monoisotopic (exact) mass is 487 g/mol. The van der Waals surface area contributed by atoms with E-state index in [9.17, 15) is 24.2 Å². The number of hydrogen-bond donors (Lipinski definition) is 5. The quantitative estimate of drug-likeness (QED) is 0.246. The molecule has 2 aromatic carbocycles. The zero-order valence-corrected chi connectivity index (χ0v) is 20.0. The Balaban J connectivity index is 1.69. The number of aliphatic carboxylic acids is 1. The number of amides is 1. The molecule has 0 aliphatic rings. The van der Waals surface area contributed by atoms with E-state index >= 15 is 0 Å². The minimum absolute atomic E-state index is 0.00531. The first-order chi connectivity index (χ1) is 16.1. The summed E-state index contributed by atoms with van der Waals surface area (Å²) in [6.45, 7) is 3.60. The summed E-state index contributed by atoms with van der Waals surface area (Å²) < 4.78 is 17.8. The zero-order chi connectivity index (χ0) is 24.7. The number of carbonyl (C=O) groups excluding carboxylic acids is 1. The van der Waals surface area contributed by atoms with Crippen molar-refractivity contribution in [3.8, 4) is 0 Å². The molecule has 10 heteroatoms. The van der Waals surface area contributed by atoms with Crippen LogP contribution in [0.2, 0.25) is 0 Å². The highest BCUT2D eigenvalue weighted by Crippen LogP contribution is 2.39. The Hall–Kier alpha value is -2.97. The lowest BCUT2D eigenvalue weighted by atomic mass is 10.0. The molecule has 0 radical (unpaired) electrons. The van der Waals surface area contributed by atoms with Crippen LogP contribution in [0.15, 0.2) is 60.8 Å². The number of benzene rings is 2. The third-order valence-electron chi connectivity index (χ3n) is 5.31. The SMILES string of the molecule is CC(C)C[C@H](NP(=O)(O)OCc1ccccc1)C(=O)N[C@@H](Cc1c[nH]c2ccccc12)C(=O)O. The predicted molar refractivity (Wildman–Crippen MR) is 129 cm³/mol. The summed E-state index contributed by atoms with van der Waals surface area (Å²) in [6, 6.07) is 14.0. The summed E-state index contributed by atoms with van der Waals surface area (Å²) in [5, 5.41) is 15.5. The number of aromatic nitrogens is 1. The van der Waals surface area contributed by atoms with Crippen LogP contribution in [0, 0.1) is 5.92 Å². The normalized spacial score (nSPS) is 15.1. The molecule has 1 aromatic heterocycles. The molecule has 0 spiro atoms. The van der Waals surface area contributed by atoms with Gasteiger partial charge < -0.3 is 20.3 Å². The Labute approximate surface area is 198 Å². The number of H-pyrrole nitrogens is 1. The van der Waals surface area contributed by atoms with Crippen LogP contribution in [0.1, 0.15) is 31.4 Å². The third-order valence-corrected chi connectivity index (χ3v) is 6.42. The van der Waals surface area contributed by atoms with Crippen molar-refractivity contribution in [3.05, 3.63) is 71.9 Å². The molecule has 0 aliphatic heterocycles. The molecule has 1 heterocycles. The van der Waals surface area contributed by atoms with Crippen LogP contribution in [0.3, 0.4) is 0 Å². The zero-order valence-electron chi connectivity index (χ0n) is 19.1. The van der Waals surface area contributed by atoms with Crippen LogP contribution in [-0.4, -0.2) is 38.9 Å². The lowest BCUT2D eigenvalue weighted by Crippen LogP contribution is -2.50. The van der Waals surface area contributed by atoms with Crippen molar-refractivity contribution in [1.29, 1.82) is 0 Å². The molecule has 3 atom stereocenters. The molecule has 9 nitrogen and oxygen atoms in total. The molecule has 5 N–H and O–H groups in total. The third kappa shape index (κ3) is 7.27. The second-order valence-corrected chi connectivity index (χ2v) is 10.1. The number of carbonyl (C=O) groups is 2. The van der Waals surface area contributed by atoms with Gasteiger partial charge in [-0.3, -0.25) is 9.32 Å². The molecule has 0 bridgehead atoms. The van der Waals surface area contributed by atoms with E-state index in [0.29, 0.717) is 5.56 Å². The fourth-order valence-corrected chi connectivity index (χ4v) is 4.67. The molecule has 0 saturated carbocycles. The largest absolute Gasteiger partial charge is 0.480 e. The summed E-state index contributed by atoms with van der Waals surface area (Å²) in [7, 11) is -4.34. The molecule has 182 valence electrons. The van der Waals surface area contributed by atoms with Crippen molar-refractivity contribution in [2.45, 2.75) is 45.4 Å². The average molecular weight is 487 g/mol. The summed E-state index contributed by atoms with van der Waals surface area (Å²) in [5.74, 6) is -1.89.